The molecule has 1 heterocycles. The van der Waals surface area contributed by atoms with Gasteiger partial charge >= 0.3 is 0 Å². The van der Waals surface area contributed by atoms with Crippen LogP contribution in [0.3, 0.4) is 0 Å². The standard InChI is InChI=1S/C14H24N4S.HI/c1-4-15-14(18-11-12(2)19-3)17-10-8-13-7-5-6-9-16-13;/h5-7,9,12H,4,8,10-11H2,1-3H3,(H2,15,17,18);1H. The van der Waals surface area contributed by atoms with Crippen LogP contribution < -0.4 is 10.6 Å². The zero-order valence-electron chi connectivity index (χ0n) is 12.4. The Bertz CT molecular complexity index is 373. The molecule has 4 nitrogen and oxygen atoms in total. The van der Waals surface area contributed by atoms with E-state index in [1.165, 1.54) is 0 Å². The summed E-state index contributed by atoms with van der Waals surface area (Å²) >= 11 is 1.83. The van der Waals surface area contributed by atoms with Crippen molar-refractivity contribution in [2.75, 3.05) is 25.9 Å². The minimum atomic E-state index is 0. The first kappa shape index (κ1) is 19.5. The Morgan fingerprint density at radius 2 is 2.20 bits per heavy atom. The van der Waals surface area contributed by atoms with Crippen LogP contribution >= 0.6 is 35.7 Å². The highest BCUT2D eigenvalue weighted by Crippen LogP contribution is 2.04. The topological polar surface area (TPSA) is 49.3 Å². The number of nitrogens with zero attached hydrogens (tertiary/aromatic N) is 2. The summed E-state index contributed by atoms with van der Waals surface area (Å²) < 4.78 is 0. The Morgan fingerprint density at radius 3 is 2.80 bits per heavy atom. The van der Waals surface area contributed by atoms with Crippen LogP contribution in [0, 0.1) is 0 Å². The number of hydrogen-bond donors (Lipinski definition) is 2. The lowest BCUT2D eigenvalue weighted by Crippen LogP contribution is -2.38. The molecule has 0 bridgehead atoms. The van der Waals surface area contributed by atoms with E-state index in [0.717, 1.165) is 37.7 Å². The number of thioether (sulfide) groups is 1. The molecule has 0 amide bonds. The molecule has 2 N–H and O–H groups in total. The smallest absolute Gasteiger partial charge is 0.191 e. The average molecular weight is 408 g/mol. The minimum Gasteiger partial charge on any atom is -0.357 e. The lowest BCUT2D eigenvalue weighted by molar-refractivity contribution is 0.785. The second kappa shape index (κ2) is 12.3. The number of hydrogen-bond acceptors (Lipinski definition) is 3. The molecule has 1 aromatic rings. The Morgan fingerprint density at radius 1 is 1.40 bits per heavy atom. The van der Waals surface area contributed by atoms with Gasteiger partial charge in [0.05, 0.1) is 6.54 Å². The predicted octanol–water partition coefficient (Wildman–Crippen LogP) is 2.55. The molecule has 0 aliphatic heterocycles. The highest BCUT2D eigenvalue weighted by molar-refractivity contribution is 14.0. The van der Waals surface area contributed by atoms with Gasteiger partial charge in [0.1, 0.15) is 0 Å². The Balaban J connectivity index is 0.00000361. The van der Waals surface area contributed by atoms with Gasteiger partial charge in [-0.3, -0.25) is 9.98 Å². The van der Waals surface area contributed by atoms with E-state index >= 15 is 0 Å². The number of aliphatic imine (C=N–C) groups is 1. The molecule has 1 atom stereocenters. The van der Waals surface area contributed by atoms with Crippen LogP contribution in [0.25, 0.3) is 0 Å². The minimum absolute atomic E-state index is 0. The summed E-state index contributed by atoms with van der Waals surface area (Å²) in [6.45, 7) is 6.82. The average Bonchev–Trinajstić information content (AvgIpc) is 2.45. The summed E-state index contributed by atoms with van der Waals surface area (Å²) in [5.74, 6) is 0.888. The van der Waals surface area contributed by atoms with E-state index in [-0.39, 0.29) is 24.0 Å². The first-order valence-corrected chi connectivity index (χ1v) is 8.00. The largest absolute Gasteiger partial charge is 0.357 e. The quantitative estimate of drug-likeness (QED) is 0.414. The SMILES string of the molecule is CCNC(=NCC(C)SC)NCCc1ccccn1.I. The summed E-state index contributed by atoms with van der Waals surface area (Å²) in [5.41, 5.74) is 1.10. The van der Waals surface area contributed by atoms with Crippen LogP contribution in [-0.4, -0.2) is 42.1 Å². The van der Waals surface area contributed by atoms with Crippen molar-refractivity contribution < 1.29 is 0 Å². The summed E-state index contributed by atoms with van der Waals surface area (Å²) in [4.78, 5) is 8.87. The molecule has 0 saturated carbocycles. The second-order valence-corrected chi connectivity index (χ2v) is 5.54. The second-order valence-electron chi connectivity index (χ2n) is 4.26. The van der Waals surface area contributed by atoms with Crippen LogP contribution in [0.4, 0.5) is 0 Å². The van der Waals surface area contributed by atoms with Gasteiger partial charge in [0.15, 0.2) is 5.96 Å². The molecule has 0 spiro atoms. The van der Waals surface area contributed by atoms with Crippen molar-refractivity contribution >= 4 is 41.7 Å². The first-order valence-electron chi connectivity index (χ1n) is 6.71. The predicted molar refractivity (Wildman–Crippen MR) is 100 cm³/mol. The van der Waals surface area contributed by atoms with Crippen LogP contribution in [-0.2, 0) is 6.42 Å². The Hall–Kier alpha value is -0.500. The molecule has 0 aromatic carbocycles. The summed E-state index contributed by atoms with van der Waals surface area (Å²) in [5, 5.41) is 7.14. The third-order valence-electron chi connectivity index (χ3n) is 2.65. The zero-order valence-corrected chi connectivity index (χ0v) is 15.6. The lowest BCUT2D eigenvalue weighted by atomic mass is 10.3. The first-order chi connectivity index (χ1) is 9.26. The van der Waals surface area contributed by atoms with Gasteiger partial charge in [-0.2, -0.15) is 11.8 Å². The van der Waals surface area contributed by atoms with Gasteiger partial charge in [0.2, 0.25) is 0 Å². The van der Waals surface area contributed by atoms with Crippen molar-refractivity contribution in [3.8, 4) is 0 Å². The molecular formula is C14H25IN4S. The molecule has 0 saturated heterocycles. The van der Waals surface area contributed by atoms with Gasteiger partial charge in [-0.1, -0.05) is 13.0 Å². The number of guanidine groups is 1. The third kappa shape index (κ3) is 8.63. The fourth-order valence-electron chi connectivity index (χ4n) is 1.49. The van der Waals surface area contributed by atoms with Crippen LogP contribution in [0.15, 0.2) is 29.4 Å². The maximum atomic E-state index is 4.57. The summed E-state index contributed by atoms with van der Waals surface area (Å²) in [6.07, 6.45) is 4.85. The van der Waals surface area contributed by atoms with Crippen molar-refractivity contribution in [3.05, 3.63) is 30.1 Å². The third-order valence-corrected chi connectivity index (χ3v) is 3.61. The van der Waals surface area contributed by atoms with E-state index in [4.69, 9.17) is 0 Å². The van der Waals surface area contributed by atoms with Gasteiger partial charge in [0, 0.05) is 36.7 Å². The lowest BCUT2D eigenvalue weighted by Gasteiger charge is -2.12. The van der Waals surface area contributed by atoms with Crippen LogP contribution in [0.2, 0.25) is 0 Å². The molecular weight excluding hydrogens is 383 g/mol. The number of pyridine rings is 1. The molecule has 20 heavy (non-hydrogen) atoms. The van der Waals surface area contributed by atoms with Gasteiger partial charge in [0.25, 0.3) is 0 Å². The maximum Gasteiger partial charge on any atom is 0.191 e. The number of aromatic nitrogens is 1. The van der Waals surface area contributed by atoms with Gasteiger partial charge in [-0.05, 0) is 25.3 Å². The van der Waals surface area contributed by atoms with Crippen LogP contribution in [0.5, 0.6) is 0 Å². The maximum absolute atomic E-state index is 4.57. The van der Waals surface area contributed by atoms with E-state index in [1.807, 2.05) is 36.2 Å². The van der Waals surface area contributed by atoms with Gasteiger partial charge < -0.3 is 10.6 Å². The Kier molecular flexibility index (Phi) is 12.0. The number of nitrogens with one attached hydrogen (secondary N) is 2. The summed E-state index contributed by atoms with van der Waals surface area (Å²) in [7, 11) is 0. The van der Waals surface area contributed by atoms with Crippen molar-refractivity contribution in [2.45, 2.75) is 25.5 Å². The molecule has 1 aromatic heterocycles. The molecule has 0 aliphatic rings. The fourth-order valence-corrected chi connectivity index (χ4v) is 1.71. The molecule has 1 rings (SSSR count). The van der Waals surface area contributed by atoms with E-state index in [2.05, 4.69) is 40.7 Å². The molecule has 0 radical (unpaired) electrons. The normalized spacial score (nSPS) is 12.4. The highest BCUT2D eigenvalue weighted by Gasteiger charge is 2.01. The molecule has 0 fully saturated rings. The van der Waals surface area contributed by atoms with Crippen LogP contribution in [0.1, 0.15) is 19.5 Å². The number of halogens is 1. The molecule has 114 valence electrons. The number of rotatable bonds is 7. The van der Waals surface area contributed by atoms with Crippen molar-refractivity contribution in [1.82, 2.24) is 15.6 Å². The summed E-state index contributed by atoms with van der Waals surface area (Å²) in [6, 6.07) is 6.00. The van der Waals surface area contributed by atoms with E-state index in [9.17, 15) is 0 Å². The van der Waals surface area contributed by atoms with Gasteiger partial charge in [-0.15, -0.1) is 24.0 Å². The highest BCUT2D eigenvalue weighted by atomic mass is 127. The van der Waals surface area contributed by atoms with E-state index in [1.54, 1.807) is 0 Å². The van der Waals surface area contributed by atoms with Crippen molar-refractivity contribution in [2.24, 2.45) is 4.99 Å². The monoisotopic (exact) mass is 408 g/mol. The van der Waals surface area contributed by atoms with Crippen molar-refractivity contribution in [1.29, 1.82) is 0 Å². The Labute approximate surface area is 143 Å². The zero-order chi connectivity index (χ0) is 13.9. The van der Waals surface area contributed by atoms with Gasteiger partial charge in [-0.25, -0.2) is 0 Å². The van der Waals surface area contributed by atoms with Crippen molar-refractivity contribution in [3.63, 3.8) is 0 Å². The fraction of sp³-hybridized carbons (Fsp3) is 0.571. The molecule has 0 aliphatic carbocycles. The molecule has 1 unspecified atom stereocenters. The van der Waals surface area contributed by atoms with E-state index < -0.39 is 0 Å². The van der Waals surface area contributed by atoms with E-state index in [0.29, 0.717) is 5.25 Å². The molecule has 6 heteroatoms.